The maximum absolute atomic E-state index is 7.38. The lowest BCUT2D eigenvalue weighted by Gasteiger charge is -2.39. The van der Waals surface area contributed by atoms with Gasteiger partial charge in [-0.15, -0.1) is 0 Å². The van der Waals surface area contributed by atoms with Crippen molar-refractivity contribution < 1.29 is 0 Å². The van der Waals surface area contributed by atoms with Gasteiger partial charge in [-0.1, -0.05) is 157 Å². The van der Waals surface area contributed by atoms with E-state index < -0.39 is 0 Å². The lowest BCUT2D eigenvalue weighted by atomic mass is 9.65. The van der Waals surface area contributed by atoms with Gasteiger partial charge < -0.3 is 10.2 Å². The molecule has 2 nitrogen and oxygen atoms in total. The van der Waals surface area contributed by atoms with Gasteiger partial charge in [-0.25, -0.2) is 0 Å². The summed E-state index contributed by atoms with van der Waals surface area (Å²) in [4.78, 5) is 2.71. The van der Waals surface area contributed by atoms with E-state index in [1.807, 2.05) is 0 Å². The number of nitrogens with zero attached hydrogens (tertiary/aromatic N) is 1. The van der Waals surface area contributed by atoms with E-state index in [1.54, 1.807) is 11.1 Å². The summed E-state index contributed by atoms with van der Waals surface area (Å²) >= 11 is 7.38. The van der Waals surface area contributed by atoms with E-state index >= 15 is 0 Å². The van der Waals surface area contributed by atoms with E-state index in [0.717, 1.165) is 37.4 Å². The lowest BCUT2D eigenvalue weighted by molar-refractivity contribution is 0.298. The van der Waals surface area contributed by atoms with Crippen LogP contribution in [0.1, 0.15) is 135 Å². The summed E-state index contributed by atoms with van der Waals surface area (Å²) in [6, 6.07) is 27.7. The quantitative estimate of drug-likeness (QED) is 0.155. The van der Waals surface area contributed by atoms with Gasteiger partial charge in [-0.3, -0.25) is 0 Å². The first-order valence-corrected chi connectivity index (χ1v) is 22.7. The summed E-state index contributed by atoms with van der Waals surface area (Å²) in [5.41, 5.74) is 10.2. The predicted octanol–water partition coefficient (Wildman–Crippen LogP) is 15.5. The van der Waals surface area contributed by atoms with Crippen molar-refractivity contribution in [2.45, 2.75) is 135 Å². The minimum Gasteiger partial charge on any atom is -0.385 e. The van der Waals surface area contributed by atoms with Crippen LogP contribution in [0.5, 0.6) is 0 Å². The van der Waals surface area contributed by atoms with Crippen molar-refractivity contribution in [3.05, 3.63) is 130 Å². The number of hydrogen-bond acceptors (Lipinski definition) is 2. The zero-order valence-corrected chi connectivity index (χ0v) is 35.5. The maximum Gasteiger partial charge on any atom is 0.0470 e. The molecule has 0 radical (unpaired) electrons. The number of rotatable bonds is 12. The number of hydrogen-bond donors (Lipinski definition) is 1. The molecule has 2 fully saturated rings. The van der Waals surface area contributed by atoms with Crippen LogP contribution in [0.25, 0.3) is 21.5 Å². The lowest BCUT2D eigenvalue weighted by Crippen LogP contribution is -2.34. The van der Waals surface area contributed by atoms with E-state index in [-0.39, 0.29) is 10.8 Å². The average molecular weight is 766 g/mol. The minimum absolute atomic E-state index is 0.0679. The molecule has 0 bridgehead atoms. The number of anilines is 2. The van der Waals surface area contributed by atoms with Gasteiger partial charge in [0, 0.05) is 46.0 Å². The largest absolute Gasteiger partial charge is 0.385 e. The van der Waals surface area contributed by atoms with Crippen LogP contribution in [0, 0.1) is 11.8 Å². The number of fused-ring (bicyclic) bond motifs is 5. The molecule has 3 heteroatoms. The standard InChI is InChI=1S/C53H65ClN2/c1-38(2)29-36-55-46-26-23-40-16-7-9-19-44(40)49(46)52(31-11-5-12-32-52)33-15-18-42-21-22-43(51(42)54)25-28-48-53(34-13-6-14-35-53)50-45-20-10-8-17-41(45)24-27-47(50)56(48)37-30-39(3)4/h7-10,15-20,23-28,38-39,55H,5-6,11-14,21-22,29-37H2,1-4H3/b18-15+,43-25+,48-28+. The van der Waals surface area contributed by atoms with E-state index in [1.165, 1.54) is 127 Å². The fourth-order valence-electron chi connectivity index (χ4n) is 10.9. The molecule has 4 aromatic carbocycles. The van der Waals surface area contributed by atoms with Crippen molar-refractivity contribution in [1.29, 1.82) is 0 Å². The Morgan fingerprint density at radius 1 is 0.696 bits per heavy atom. The smallest absolute Gasteiger partial charge is 0.0470 e. The van der Waals surface area contributed by atoms with Gasteiger partial charge in [-0.2, -0.15) is 0 Å². The minimum atomic E-state index is 0.0679. The van der Waals surface area contributed by atoms with Crippen molar-refractivity contribution in [1.82, 2.24) is 0 Å². The Balaban J connectivity index is 1.12. The molecule has 4 aromatic rings. The molecular weight excluding hydrogens is 700 g/mol. The highest BCUT2D eigenvalue weighted by molar-refractivity contribution is 6.33. The highest BCUT2D eigenvalue weighted by atomic mass is 35.5. The third-order valence-corrected chi connectivity index (χ3v) is 14.4. The summed E-state index contributed by atoms with van der Waals surface area (Å²) < 4.78 is 0. The molecule has 4 aliphatic rings. The maximum atomic E-state index is 7.38. The van der Waals surface area contributed by atoms with Crippen LogP contribution in [0.2, 0.25) is 0 Å². The number of halogens is 1. The van der Waals surface area contributed by atoms with Crippen molar-refractivity contribution in [2.75, 3.05) is 23.3 Å². The van der Waals surface area contributed by atoms with Crippen LogP contribution >= 0.6 is 11.6 Å². The zero-order chi connectivity index (χ0) is 38.7. The monoisotopic (exact) mass is 764 g/mol. The Morgan fingerprint density at radius 3 is 2.04 bits per heavy atom. The second-order valence-electron chi connectivity index (χ2n) is 18.5. The van der Waals surface area contributed by atoms with Gasteiger partial charge in [-0.05, 0) is 132 Å². The van der Waals surface area contributed by atoms with Crippen LogP contribution in [-0.4, -0.2) is 13.1 Å². The Morgan fingerprint density at radius 2 is 1.34 bits per heavy atom. The fraction of sp³-hybridized carbons (Fsp3) is 0.472. The summed E-state index contributed by atoms with van der Waals surface area (Å²) in [6.45, 7) is 11.4. The second kappa shape index (κ2) is 17.0. The Bertz CT molecular complexity index is 2150. The summed E-state index contributed by atoms with van der Waals surface area (Å²) in [5, 5.41) is 10.5. The van der Waals surface area contributed by atoms with E-state index in [2.05, 4.69) is 135 Å². The molecule has 56 heavy (non-hydrogen) atoms. The third-order valence-electron chi connectivity index (χ3n) is 13.9. The normalized spacial score (nSPS) is 20.9. The Kier molecular flexibility index (Phi) is 11.9. The van der Waals surface area contributed by atoms with Crippen LogP contribution in [0.4, 0.5) is 11.4 Å². The molecule has 8 rings (SSSR count). The Hall–Kier alpha value is -3.75. The third kappa shape index (κ3) is 7.65. The molecular formula is C53H65ClN2. The Labute approximate surface area is 343 Å². The molecule has 0 saturated heterocycles. The van der Waals surface area contributed by atoms with Gasteiger partial charge in [0.15, 0.2) is 0 Å². The predicted molar refractivity (Wildman–Crippen MR) is 244 cm³/mol. The summed E-state index contributed by atoms with van der Waals surface area (Å²) in [5.74, 6) is 1.34. The van der Waals surface area contributed by atoms with E-state index in [0.29, 0.717) is 11.8 Å². The fourth-order valence-corrected chi connectivity index (χ4v) is 11.2. The molecule has 1 N–H and O–H groups in total. The SMILES string of the molecule is CC(C)CCNc1ccc2ccccc2c1C1(C/C=C/C2=C(Cl)C(=C/C=C3/N(CCC(C)C)c4ccc5ccccc5c4C34CCCCC4)/CC2)CCCCC1. The summed E-state index contributed by atoms with van der Waals surface area (Å²) in [7, 11) is 0. The molecule has 0 aromatic heterocycles. The van der Waals surface area contributed by atoms with Gasteiger partial charge in [0.05, 0.1) is 0 Å². The summed E-state index contributed by atoms with van der Waals surface area (Å²) in [6.07, 6.45) is 28.0. The number of benzene rings is 4. The molecule has 2 saturated carbocycles. The molecule has 0 amide bonds. The zero-order valence-electron chi connectivity index (χ0n) is 34.7. The topological polar surface area (TPSA) is 15.3 Å². The van der Waals surface area contributed by atoms with E-state index in [4.69, 9.17) is 11.6 Å². The molecule has 1 heterocycles. The van der Waals surface area contributed by atoms with Gasteiger partial charge in [0.2, 0.25) is 0 Å². The molecule has 3 aliphatic carbocycles. The van der Waals surface area contributed by atoms with Crippen molar-refractivity contribution in [3.8, 4) is 0 Å². The number of nitrogens with one attached hydrogen (secondary N) is 1. The molecule has 0 atom stereocenters. The first kappa shape index (κ1) is 39.1. The molecule has 1 spiro atoms. The molecule has 294 valence electrons. The first-order chi connectivity index (χ1) is 27.3. The van der Waals surface area contributed by atoms with Crippen LogP contribution in [-0.2, 0) is 10.8 Å². The van der Waals surface area contributed by atoms with Crippen LogP contribution < -0.4 is 10.2 Å². The van der Waals surface area contributed by atoms with Crippen LogP contribution in [0.3, 0.4) is 0 Å². The van der Waals surface area contributed by atoms with Crippen LogP contribution in [0.15, 0.2) is 119 Å². The first-order valence-electron chi connectivity index (χ1n) is 22.3. The molecule has 0 unspecified atom stereocenters. The average Bonchev–Trinajstić information content (AvgIpc) is 3.69. The van der Waals surface area contributed by atoms with Gasteiger partial charge >= 0.3 is 0 Å². The van der Waals surface area contributed by atoms with E-state index in [9.17, 15) is 0 Å². The highest BCUT2D eigenvalue weighted by Gasteiger charge is 2.48. The van der Waals surface area contributed by atoms with Gasteiger partial charge in [0.1, 0.15) is 0 Å². The van der Waals surface area contributed by atoms with Crippen molar-refractivity contribution >= 4 is 44.5 Å². The highest BCUT2D eigenvalue weighted by Crippen LogP contribution is 2.58. The van der Waals surface area contributed by atoms with Crippen molar-refractivity contribution in [3.63, 3.8) is 0 Å². The van der Waals surface area contributed by atoms with Crippen molar-refractivity contribution in [2.24, 2.45) is 11.8 Å². The second-order valence-corrected chi connectivity index (χ2v) is 18.9. The number of allylic oxidation sites excluding steroid dienone is 8. The molecule has 1 aliphatic heterocycles. The van der Waals surface area contributed by atoms with Gasteiger partial charge in [0.25, 0.3) is 0 Å².